The second kappa shape index (κ2) is 7.51. The summed E-state index contributed by atoms with van der Waals surface area (Å²) in [6.07, 6.45) is 1.65. The number of halogens is 2. The summed E-state index contributed by atoms with van der Waals surface area (Å²) in [6.45, 7) is 3.00. The topological polar surface area (TPSA) is 44.5 Å². The third-order valence-electron chi connectivity index (χ3n) is 4.24. The molecule has 0 aliphatic carbocycles. The maximum Gasteiger partial charge on any atom is 0.126 e. The average molecular weight is 315 g/mol. The summed E-state index contributed by atoms with van der Waals surface area (Å²) in [5, 5.41) is 0.550. The van der Waals surface area contributed by atoms with Crippen molar-refractivity contribution in [1.29, 1.82) is 0 Å². The van der Waals surface area contributed by atoms with Crippen LogP contribution in [0.4, 0.5) is 4.39 Å². The van der Waals surface area contributed by atoms with Gasteiger partial charge in [-0.2, -0.15) is 0 Å². The van der Waals surface area contributed by atoms with E-state index in [0.717, 1.165) is 26.1 Å². The van der Waals surface area contributed by atoms with Crippen molar-refractivity contribution >= 4 is 11.6 Å². The third kappa shape index (κ3) is 4.37. The minimum atomic E-state index is -0.232. The molecule has 2 unspecified atom stereocenters. The predicted molar refractivity (Wildman–Crippen MR) is 84.8 cm³/mol. The Bertz CT molecular complexity index is 471. The highest BCUT2D eigenvalue weighted by Crippen LogP contribution is 2.19. The molecule has 1 aliphatic heterocycles. The van der Waals surface area contributed by atoms with E-state index in [1.54, 1.807) is 12.1 Å². The molecule has 1 fully saturated rings. The summed E-state index contributed by atoms with van der Waals surface area (Å²) in [4.78, 5) is 4.60. The Labute approximate surface area is 131 Å². The van der Waals surface area contributed by atoms with Crippen LogP contribution in [-0.2, 0) is 6.42 Å². The van der Waals surface area contributed by atoms with Crippen molar-refractivity contribution in [1.82, 2.24) is 15.2 Å². The Hall–Kier alpha value is -0.720. The Morgan fingerprint density at radius 1 is 1.43 bits per heavy atom. The van der Waals surface area contributed by atoms with E-state index in [1.165, 1.54) is 6.07 Å². The van der Waals surface area contributed by atoms with Crippen molar-refractivity contribution in [2.24, 2.45) is 5.84 Å². The number of rotatable bonds is 4. The quantitative estimate of drug-likeness (QED) is 0.653. The molecule has 3 N–H and O–H groups in total. The van der Waals surface area contributed by atoms with Gasteiger partial charge < -0.3 is 9.80 Å². The zero-order chi connectivity index (χ0) is 15.4. The van der Waals surface area contributed by atoms with Gasteiger partial charge in [-0.15, -0.1) is 0 Å². The molecule has 6 heteroatoms. The monoisotopic (exact) mass is 314 g/mol. The van der Waals surface area contributed by atoms with Crippen LogP contribution in [0.3, 0.4) is 0 Å². The fourth-order valence-electron chi connectivity index (χ4n) is 2.98. The molecule has 0 aromatic heterocycles. The molecule has 0 bridgehead atoms. The van der Waals surface area contributed by atoms with E-state index in [9.17, 15) is 4.39 Å². The highest BCUT2D eigenvalue weighted by molar-refractivity contribution is 6.30. The van der Waals surface area contributed by atoms with E-state index in [2.05, 4.69) is 29.3 Å². The molecule has 1 aliphatic rings. The normalized spacial score (nSPS) is 23.0. The van der Waals surface area contributed by atoms with Gasteiger partial charge >= 0.3 is 0 Å². The number of nitrogens with zero attached hydrogens (tertiary/aromatic N) is 2. The fraction of sp³-hybridized carbons (Fsp3) is 0.600. The maximum atomic E-state index is 13.9. The summed E-state index contributed by atoms with van der Waals surface area (Å²) in [5.41, 5.74) is 3.47. The summed E-state index contributed by atoms with van der Waals surface area (Å²) in [6, 6.07) is 4.87. The van der Waals surface area contributed by atoms with Crippen molar-refractivity contribution in [3.63, 3.8) is 0 Å². The molecule has 2 rings (SSSR count). The van der Waals surface area contributed by atoms with Crippen LogP contribution in [0.15, 0.2) is 18.2 Å². The van der Waals surface area contributed by atoms with Crippen molar-refractivity contribution in [2.75, 3.05) is 33.7 Å². The van der Waals surface area contributed by atoms with Crippen LogP contribution >= 0.6 is 11.6 Å². The van der Waals surface area contributed by atoms with Gasteiger partial charge in [0.05, 0.1) is 0 Å². The Kier molecular flexibility index (Phi) is 5.96. The van der Waals surface area contributed by atoms with Gasteiger partial charge in [0.15, 0.2) is 0 Å². The van der Waals surface area contributed by atoms with Gasteiger partial charge in [0, 0.05) is 23.7 Å². The lowest BCUT2D eigenvalue weighted by molar-refractivity contribution is 0.177. The number of hydrogen-bond donors (Lipinski definition) is 2. The molecule has 0 radical (unpaired) electrons. The Morgan fingerprint density at radius 3 is 2.90 bits per heavy atom. The number of likely N-dealkylation sites (N-methyl/N-ethyl adjacent to an activating group) is 2. The molecule has 1 saturated heterocycles. The molecule has 1 aromatic carbocycles. The van der Waals surface area contributed by atoms with Gasteiger partial charge in [-0.3, -0.25) is 11.3 Å². The molecule has 0 saturated carbocycles. The summed E-state index contributed by atoms with van der Waals surface area (Å²) < 4.78 is 13.9. The van der Waals surface area contributed by atoms with Gasteiger partial charge in [-0.25, -0.2) is 4.39 Å². The van der Waals surface area contributed by atoms with Gasteiger partial charge in [-0.05, 0) is 63.8 Å². The highest BCUT2D eigenvalue weighted by Gasteiger charge is 2.28. The lowest BCUT2D eigenvalue weighted by Gasteiger charge is -2.34. The smallest absolute Gasteiger partial charge is 0.126 e. The van der Waals surface area contributed by atoms with Crippen LogP contribution in [0.1, 0.15) is 12.0 Å². The largest absolute Gasteiger partial charge is 0.305 e. The molecule has 21 heavy (non-hydrogen) atoms. The summed E-state index contributed by atoms with van der Waals surface area (Å²) in [7, 11) is 4.21. The van der Waals surface area contributed by atoms with Gasteiger partial charge in [0.1, 0.15) is 5.82 Å². The van der Waals surface area contributed by atoms with Crippen LogP contribution in [0.25, 0.3) is 0 Å². The number of hydrazine groups is 1. The first-order chi connectivity index (χ1) is 10.0. The van der Waals surface area contributed by atoms with Crippen LogP contribution in [-0.4, -0.2) is 55.6 Å². The van der Waals surface area contributed by atoms with E-state index < -0.39 is 0 Å². The van der Waals surface area contributed by atoms with Crippen LogP contribution < -0.4 is 11.3 Å². The standard InChI is InChI=1S/C15H24ClFN4/c1-20-6-3-7-21(2)15(10-20)14(19-18)9-11-8-12(16)4-5-13(11)17/h4-5,8,14-15,19H,3,6-7,9-10,18H2,1-2H3. The van der Waals surface area contributed by atoms with Crippen molar-refractivity contribution in [3.05, 3.63) is 34.6 Å². The number of nitrogens with two attached hydrogens (primary N) is 1. The van der Waals surface area contributed by atoms with Crippen molar-refractivity contribution < 1.29 is 4.39 Å². The lowest BCUT2D eigenvalue weighted by atomic mass is 9.98. The summed E-state index contributed by atoms with van der Waals surface area (Å²) in [5.74, 6) is 5.52. The predicted octanol–water partition coefficient (Wildman–Crippen LogP) is 1.49. The average Bonchev–Trinajstić information content (AvgIpc) is 2.61. The number of nitrogens with one attached hydrogen (secondary N) is 1. The van der Waals surface area contributed by atoms with Crippen molar-refractivity contribution in [3.8, 4) is 0 Å². The van der Waals surface area contributed by atoms with Gasteiger partial charge in [0.25, 0.3) is 0 Å². The van der Waals surface area contributed by atoms with E-state index in [4.69, 9.17) is 17.4 Å². The summed E-state index contributed by atoms with van der Waals surface area (Å²) >= 11 is 5.97. The number of hydrogen-bond acceptors (Lipinski definition) is 4. The lowest BCUT2D eigenvalue weighted by Crippen LogP contribution is -2.55. The maximum absolute atomic E-state index is 13.9. The van der Waals surface area contributed by atoms with E-state index >= 15 is 0 Å². The molecule has 2 atom stereocenters. The zero-order valence-corrected chi connectivity index (χ0v) is 13.4. The Balaban J connectivity index is 2.16. The molecule has 1 aromatic rings. The molecule has 0 amide bonds. The minimum absolute atomic E-state index is 0.0245. The SMILES string of the molecule is CN1CCCN(C)C(C(Cc2cc(Cl)ccc2F)NN)C1. The first-order valence-electron chi connectivity index (χ1n) is 7.30. The molecule has 4 nitrogen and oxygen atoms in total. The van der Waals surface area contributed by atoms with Crippen LogP contribution in [0.5, 0.6) is 0 Å². The van der Waals surface area contributed by atoms with E-state index in [-0.39, 0.29) is 17.9 Å². The molecule has 118 valence electrons. The second-order valence-corrected chi connectivity index (χ2v) is 6.31. The fourth-order valence-corrected chi connectivity index (χ4v) is 3.18. The zero-order valence-electron chi connectivity index (χ0n) is 12.6. The second-order valence-electron chi connectivity index (χ2n) is 5.88. The van der Waals surface area contributed by atoms with E-state index in [1.807, 2.05) is 0 Å². The molecule has 0 spiro atoms. The van der Waals surface area contributed by atoms with Gasteiger partial charge in [-0.1, -0.05) is 11.6 Å². The number of benzene rings is 1. The van der Waals surface area contributed by atoms with E-state index in [0.29, 0.717) is 17.0 Å². The third-order valence-corrected chi connectivity index (χ3v) is 4.48. The van der Waals surface area contributed by atoms with Crippen LogP contribution in [0.2, 0.25) is 5.02 Å². The highest BCUT2D eigenvalue weighted by atomic mass is 35.5. The van der Waals surface area contributed by atoms with Crippen molar-refractivity contribution in [2.45, 2.75) is 24.9 Å². The van der Waals surface area contributed by atoms with Gasteiger partial charge in [0.2, 0.25) is 0 Å². The first kappa shape index (κ1) is 16.6. The molecular formula is C15H24ClFN4. The molecular weight excluding hydrogens is 291 g/mol. The van der Waals surface area contributed by atoms with Crippen LogP contribution in [0, 0.1) is 5.82 Å². The molecule has 1 heterocycles. The Morgan fingerprint density at radius 2 is 2.19 bits per heavy atom. The minimum Gasteiger partial charge on any atom is -0.305 e. The first-order valence-corrected chi connectivity index (χ1v) is 7.68.